The second-order valence-corrected chi connectivity index (χ2v) is 18.4. The average molecular weight is 845 g/mol. The van der Waals surface area contributed by atoms with Crippen LogP contribution in [-0.2, 0) is 33.9 Å². The van der Waals surface area contributed by atoms with Gasteiger partial charge in [0, 0.05) is 41.6 Å². The first kappa shape index (κ1) is 43.6. The number of amides is 5. The fraction of sp³-hybridized carbons (Fsp3) is 0.442. The highest BCUT2D eigenvalue weighted by Crippen LogP contribution is 2.48. The zero-order chi connectivity index (χ0) is 43.6. The molecule has 0 radical (unpaired) electrons. The van der Waals surface area contributed by atoms with Crippen molar-refractivity contribution in [1.29, 1.82) is 0 Å². The molecule has 16 nitrogen and oxygen atoms in total. The van der Waals surface area contributed by atoms with Crippen molar-refractivity contribution in [2.24, 2.45) is 5.92 Å². The fourth-order valence-corrected chi connectivity index (χ4v) is 8.44. The van der Waals surface area contributed by atoms with E-state index in [1.165, 1.54) is 22.8 Å². The molecule has 0 spiro atoms. The minimum Gasteiger partial charge on any atom is -0.497 e. The van der Waals surface area contributed by atoms with Gasteiger partial charge in [-0.2, -0.15) is 0 Å². The summed E-state index contributed by atoms with van der Waals surface area (Å²) in [5.74, 6) is -2.33. The molecule has 3 aromatic rings. The van der Waals surface area contributed by atoms with E-state index in [1.807, 2.05) is 30.3 Å². The second-order valence-electron chi connectivity index (χ2n) is 16.4. The largest absolute Gasteiger partial charge is 0.497 e. The van der Waals surface area contributed by atoms with Gasteiger partial charge in [0.25, 0.3) is 5.91 Å². The van der Waals surface area contributed by atoms with E-state index in [0.29, 0.717) is 46.5 Å². The lowest BCUT2D eigenvalue weighted by Crippen LogP contribution is -2.61. The molecule has 5 amide bonds. The molecule has 2 heterocycles. The van der Waals surface area contributed by atoms with Gasteiger partial charge in [-0.3, -0.25) is 23.9 Å². The predicted octanol–water partition coefficient (Wildman–Crippen LogP) is 3.86. The quantitative estimate of drug-likeness (QED) is 0.167. The molecule has 17 heteroatoms. The van der Waals surface area contributed by atoms with Crippen molar-refractivity contribution in [3.05, 3.63) is 78.9 Å². The van der Waals surface area contributed by atoms with Crippen LogP contribution in [-0.4, -0.2) is 115 Å². The van der Waals surface area contributed by atoms with Crippen molar-refractivity contribution in [3.8, 4) is 22.8 Å². The van der Waals surface area contributed by atoms with Crippen LogP contribution in [0.1, 0.15) is 53.9 Å². The van der Waals surface area contributed by atoms with Gasteiger partial charge < -0.3 is 34.6 Å². The summed E-state index contributed by atoms with van der Waals surface area (Å²) in [6.07, 6.45) is 3.01. The Kier molecular flexibility index (Phi) is 12.6. The Morgan fingerprint density at radius 2 is 1.80 bits per heavy atom. The van der Waals surface area contributed by atoms with E-state index in [1.54, 1.807) is 65.1 Å². The van der Waals surface area contributed by atoms with Crippen LogP contribution in [0.3, 0.4) is 0 Å². The second kappa shape index (κ2) is 17.3. The number of ether oxygens (including phenoxy) is 3. The van der Waals surface area contributed by atoms with Gasteiger partial charge in [0.15, 0.2) is 0 Å². The molecule has 4 unspecified atom stereocenters. The summed E-state index contributed by atoms with van der Waals surface area (Å²) in [5, 5.41) is 5.32. The highest BCUT2D eigenvalue weighted by molar-refractivity contribution is 7.91. The van der Waals surface area contributed by atoms with Crippen LogP contribution in [0.5, 0.6) is 11.5 Å². The van der Waals surface area contributed by atoms with Gasteiger partial charge in [-0.1, -0.05) is 48.6 Å². The predicted molar refractivity (Wildman–Crippen MR) is 223 cm³/mol. The Labute approximate surface area is 349 Å². The summed E-state index contributed by atoms with van der Waals surface area (Å²) < 4.78 is 45.1. The van der Waals surface area contributed by atoms with Crippen LogP contribution in [0, 0.1) is 5.92 Å². The minimum absolute atomic E-state index is 0.0976. The third kappa shape index (κ3) is 10.1. The van der Waals surface area contributed by atoms with Gasteiger partial charge in [0.2, 0.25) is 27.7 Å². The third-order valence-electron chi connectivity index (χ3n) is 10.6. The number of nitrogens with zero attached hydrogens (tertiary/aromatic N) is 3. The standard InChI is InChI=1S/C43H52N6O10S/c1-26(2)32-24-43(32,40(53)47-60(55,56)30-16-17-30)46-38(51)27(3)49(39(52)35(25-48-19-11-14-37(48)50)45-41(54)59-42(4,5)6)20-21-58-36-23-33(28-12-9-8-10-13-28)44-34-22-29(57-7)15-18-31(34)36/h8-15,18,22-23,27,30,32,35H,1,16-17,19-21,24-25H2,2-7H3,(H,45,54)(H,46,51)(H,47,53). The average Bonchev–Trinajstić information content (AvgIpc) is 4.13. The van der Waals surface area contributed by atoms with Gasteiger partial charge >= 0.3 is 6.09 Å². The summed E-state index contributed by atoms with van der Waals surface area (Å²) in [5.41, 5.74) is 0.0301. The summed E-state index contributed by atoms with van der Waals surface area (Å²) in [7, 11) is -2.41. The minimum atomic E-state index is -3.96. The van der Waals surface area contributed by atoms with Crippen molar-refractivity contribution in [3.63, 3.8) is 0 Å². The molecule has 3 aliphatic rings. The fourth-order valence-electron chi connectivity index (χ4n) is 7.08. The zero-order valence-corrected chi connectivity index (χ0v) is 35.5. The highest BCUT2D eigenvalue weighted by atomic mass is 32.2. The number of hydrogen-bond donors (Lipinski definition) is 3. The lowest BCUT2D eigenvalue weighted by Gasteiger charge is -2.34. The van der Waals surface area contributed by atoms with E-state index in [0.717, 1.165) is 5.56 Å². The maximum absolute atomic E-state index is 14.8. The number of benzene rings is 2. The molecular weight excluding hydrogens is 793 g/mol. The molecule has 320 valence electrons. The summed E-state index contributed by atoms with van der Waals surface area (Å²) >= 11 is 0. The molecule has 1 aromatic heterocycles. The maximum Gasteiger partial charge on any atom is 0.408 e. The first-order chi connectivity index (χ1) is 28.3. The van der Waals surface area contributed by atoms with E-state index in [9.17, 15) is 32.4 Å². The van der Waals surface area contributed by atoms with E-state index < -0.39 is 68.2 Å². The van der Waals surface area contributed by atoms with Gasteiger partial charge in [0.1, 0.15) is 41.3 Å². The van der Waals surface area contributed by atoms with Crippen molar-refractivity contribution in [2.75, 3.05) is 33.4 Å². The van der Waals surface area contributed by atoms with E-state index in [-0.39, 0.29) is 38.6 Å². The number of sulfonamides is 1. The Morgan fingerprint density at radius 1 is 1.08 bits per heavy atom. The normalized spacial score (nSPS) is 19.5. The number of fused-ring (bicyclic) bond motifs is 1. The monoisotopic (exact) mass is 844 g/mol. The molecule has 2 aromatic carbocycles. The number of methoxy groups -OCH3 is 1. The van der Waals surface area contributed by atoms with Crippen molar-refractivity contribution in [2.45, 2.75) is 82.4 Å². The topological polar surface area (TPSA) is 203 Å². The zero-order valence-electron chi connectivity index (χ0n) is 34.6. The van der Waals surface area contributed by atoms with Gasteiger partial charge in [-0.05, 0) is 66.0 Å². The number of nitrogens with one attached hydrogen (secondary N) is 3. The molecule has 0 bridgehead atoms. The smallest absolute Gasteiger partial charge is 0.408 e. The first-order valence-corrected chi connectivity index (χ1v) is 21.3. The number of hydrogen-bond acceptors (Lipinski definition) is 11. The van der Waals surface area contributed by atoms with E-state index in [2.05, 4.69) is 21.9 Å². The molecular formula is C43H52N6O10S. The summed E-state index contributed by atoms with van der Waals surface area (Å²) in [6.45, 7) is 11.6. The lowest BCUT2D eigenvalue weighted by atomic mass is 10.1. The Bertz CT molecular complexity index is 2320. The van der Waals surface area contributed by atoms with Crippen LogP contribution in [0.2, 0.25) is 0 Å². The van der Waals surface area contributed by atoms with E-state index in [4.69, 9.17) is 19.2 Å². The van der Waals surface area contributed by atoms with E-state index >= 15 is 0 Å². The Balaban J connectivity index is 1.31. The summed E-state index contributed by atoms with van der Waals surface area (Å²) in [6, 6.07) is 13.9. The summed E-state index contributed by atoms with van der Waals surface area (Å²) in [4.78, 5) is 76.0. The molecule has 60 heavy (non-hydrogen) atoms. The molecule has 2 fully saturated rings. The van der Waals surface area contributed by atoms with Crippen molar-refractivity contribution in [1.82, 2.24) is 30.1 Å². The number of rotatable bonds is 17. The number of carbonyl (C=O) groups is 5. The Hall–Kier alpha value is -5.97. The number of alkyl carbamates (subject to hydrolysis) is 1. The van der Waals surface area contributed by atoms with Crippen LogP contribution in [0.4, 0.5) is 4.79 Å². The molecule has 1 aliphatic heterocycles. The highest BCUT2D eigenvalue weighted by Gasteiger charge is 2.63. The molecule has 0 saturated heterocycles. The van der Waals surface area contributed by atoms with Crippen molar-refractivity contribution < 1.29 is 46.6 Å². The van der Waals surface area contributed by atoms with Crippen LogP contribution in [0.25, 0.3) is 22.2 Å². The van der Waals surface area contributed by atoms with Gasteiger partial charge in [-0.25, -0.2) is 18.2 Å². The van der Waals surface area contributed by atoms with Crippen LogP contribution in [0.15, 0.2) is 78.9 Å². The van der Waals surface area contributed by atoms with Gasteiger partial charge in [-0.15, -0.1) is 0 Å². The Morgan fingerprint density at radius 3 is 2.40 bits per heavy atom. The molecule has 6 rings (SSSR count). The maximum atomic E-state index is 14.8. The third-order valence-corrected chi connectivity index (χ3v) is 12.4. The molecule has 2 saturated carbocycles. The molecule has 2 aliphatic carbocycles. The number of aromatic nitrogens is 1. The van der Waals surface area contributed by atoms with Crippen LogP contribution < -0.4 is 24.8 Å². The first-order valence-electron chi connectivity index (χ1n) is 19.8. The van der Waals surface area contributed by atoms with Gasteiger partial charge in [0.05, 0.1) is 36.7 Å². The lowest BCUT2D eigenvalue weighted by molar-refractivity contribution is -0.143. The van der Waals surface area contributed by atoms with Crippen LogP contribution >= 0.6 is 0 Å². The number of pyridine rings is 1. The van der Waals surface area contributed by atoms with Crippen molar-refractivity contribution >= 4 is 50.6 Å². The molecule has 4 atom stereocenters. The molecule has 3 N–H and O–H groups in total. The number of carbonyl (C=O) groups excluding carboxylic acids is 5. The SMILES string of the molecule is C=C(C)C1CC1(NC(=O)C(C)N(CCOc1cc(-c2ccccc2)nc2cc(OC)ccc12)C(=O)C(CN1CC=CC1=O)NC(=O)OC(C)(C)C)C(=O)NS(=O)(=O)C1CC1.